The number of aromatic amines is 1. The van der Waals surface area contributed by atoms with Crippen LogP contribution in [0.3, 0.4) is 0 Å². The average molecular weight is 367 g/mol. The van der Waals surface area contributed by atoms with Gasteiger partial charge >= 0.3 is 5.69 Å². The number of methoxy groups -OCH3 is 1. The Kier molecular flexibility index (Phi) is 5.12. The van der Waals surface area contributed by atoms with Gasteiger partial charge in [-0.05, 0) is 42.3 Å². The second-order valence-electron chi connectivity index (χ2n) is 6.56. The number of rotatable bonds is 5. The molecule has 7 heteroatoms. The van der Waals surface area contributed by atoms with Crippen molar-refractivity contribution in [1.29, 1.82) is 0 Å². The highest BCUT2D eigenvalue weighted by atomic mass is 16.5. The van der Waals surface area contributed by atoms with Crippen LogP contribution in [0.4, 0.5) is 5.69 Å². The second kappa shape index (κ2) is 7.49. The maximum absolute atomic E-state index is 12.9. The summed E-state index contributed by atoms with van der Waals surface area (Å²) in [5, 5.41) is 3.13. The Bertz CT molecular complexity index is 1080. The van der Waals surface area contributed by atoms with Crippen molar-refractivity contribution in [3.8, 4) is 5.75 Å². The summed E-state index contributed by atoms with van der Waals surface area (Å²) in [7, 11) is 1.56. The van der Waals surface area contributed by atoms with Crippen LogP contribution in [0, 0.1) is 5.92 Å². The number of anilines is 1. The zero-order valence-corrected chi connectivity index (χ0v) is 15.4. The maximum atomic E-state index is 12.9. The van der Waals surface area contributed by atoms with Gasteiger partial charge in [0.1, 0.15) is 11.8 Å². The molecule has 0 spiro atoms. The van der Waals surface area contributed by atoms with Crippen molar-refractivity contribution >= 4 is 22.5 Å². The molecule has 0 bridgehead atoms. The zero-order valence-electron chi connectivity index (χ0n) is 15.4. The Labute approximate surface area is 155 Å². The highest BCUT2D eigenvalue weighted by molar-refractivity contribution is 5.94. The van der Waals surface area contributed by atoms with E-state index in [2.05, 4.69) is 10.3 Å². The number of fused-ring (bicyclic) bond motifs is 1. The smallest absolute Gasteiger partial charge is 0.329 e. The standard InChI is InChI=1S/C20H21N3O4/c1-12(2)17(18(24)21-13-8-10-14(27-3)11-9-13)23-19(25)15-6-4-5-7-16(15)22-20(23)26/h4-12,17H,1-3H3,(H,21,24)(H,22,26). The van der Waals surface area contributed by atoms with Crippen LogP contribution in [0.1, 0.15) is 19.9 Å². The predicted molar refractivity (Wildman–Crippen MR) is 104 cm³/mol. The third kappa shape index (κ3) is 3.62. The lowest BCUT2D eigenvalue weighted by Gasteiger charge is -2.22. The van der Waals surface area contributed by atoms with E-state index in [9.17, 15) is 14.4 Å². The molecule has 3 aromatic rings. The topological polar surface area (TPSA) is 93.2 Å². The number of para-hydroxylation sites is 1. The molecule has 0 fully saturated rings. The normalized spacial score (nSPS) is 12.1. The number of aromatic nitrogens is 2. The van der Waals surface area contributed by atoms with E-state index in [1.807, 2.05) is 0 Å². The van der Waals surface area contributed by atoms with Gasteiger partial charge in [-0.1, -0.05) is 26.0 Å². The summed E-state index contributed by atoms with van der Waals surface area (Å²) in [6.45, 7) is 3.58. The monoisotopic (exact) mass is 367 g/mol. The maximum Gasteiger partial charge on any atom is 0.329 e. The highest BCUT2D eigenvalue weighted by Gasteiger charge is 2.28. The van der Waals surface area contributed by atoms with Crippen LogP contribution in [-0.4, -0.2) is 22.6 Å². The molecular formula is C20H21N3O4. The fourth-order valence-corrected chi connectivity index (χ4v) is 3.04. The number of benzene rings is 2. The Hall–Kier alpha value is -3.35. The molecule has 1 heterocycles. The highest BCUT2D eigenvalue weighted by Crippen LogP contribution is 2.20. The Morgan fingerprint density at radius 1 is 1.07 bits per heavy atom. The molecule has 3 rings (SSSR count). The van der Waals surface area contributed by atoms with E-state index in [4.69, 9.17) is 4.74 Å². The van der Waals surface area contributed by atoms with Crippen molar-refractivity contribution in [2.24, 2.45) is 5.92 Å². The molecule has 27 heavy (non-hydrogen) atoms. The van der Waals surface area contributed by atoms with E-state index < -0.39 is 23.2 Å². The lowest BCUT2D eigenvalue weighted by Crippen LogP contribution is -2.44. The minimum absolute atomic E-state index is 0.275. The number of ether oxygens (including phenoxy) is 1. The summed E-state index contributed by atoms with van der Waals surface area (Å²) >= 11 is 0. The van der Waals surface area contributed by atoms with Gasteiger partial charge in [0, 0.05) is 5.69 Å². The molecule has 1 amide bonds. The molecule has 0 radical (unpaired) electrons. The molecule has 1 unspecified atom stereocenters. The number of nitrogens with one attached hydrogen (secondary N) is 2. The first-order valence-corrected chi connectivity index (χ1v) is 8.61. The van der Waals surface area contributed by atoms with Crippen LogP contribution in [0.5, 0.6) is 5.75 Å². The first kappa shape index (κ1) is 18.4. The summed E-state index contributed by atoms with van der Waals surface area (Å²) in [6.07, 6.45) is 0. The lowest BCUT2D eigenvalue weighted by molar-refractivity contribution is -0.120. The summed E-state index contributed by atoms with van der Waals surface area (Å²) in [5.74, 6) is -0.0446. The molecule has 0 aliphatic carbocycles. The van der Waals surface area contributed by atoms with Crippen molar-refractivity contribution in [1.82, 2.24) is 9.55 Å². The Balaban J connectivity index is 2.02. The first-order valence-electron chi connectivity index (χ1n) is 8.61. The van der Waals surface area contributed by atoms with Crippen LogP contribution in [-0.2, 0) is 4.79 Å². The van der Waals surface area contributed by atoms with Gasteiger partial charge in [0.15, 0.2) is 0 Å². The van der Waals surface area contributed by atoms with Crippen molar-refractivity contribution in [3.63, 3.8) is 0 Å². The Morgan fingerprint density at radius 3 is 2.37 bits per heavy atom. The minimum Gasteiger partial charge on any atom is -0.497 e. The quantitative estimate of drug-likeness (QED) is 0.725. The molecule has 0 aliphatic heterocycles. The molecule has 1 aromatic heterocycles. The van der Waals surface area contributed by atoms with Gasteiger partial charge in [0.05, 0.1) is 18.0 Å². The van der Waals surface area contributed by atoms with Crippen molar-refractivity contribution in [3.05, 3.63) is 69.4 Å². The zero-order chi connectivity index (χ0) is 19.6. The molecule has 0 saturated heterocycles. The van der Waals surface area contributed by atoms with Crippen LogP contribution in [0.15, 0.2) is 58.1 Å². The summed E-state index contributed by atoms with van der Waals surface area (Å²) in [6, 6.07) is 12.6. The largest absolute Gasteiger partial charge is 0.497 e. The number of amides is 1. The number of H-pyrrole nitrogens is 1. The van der Waals surface area contributed by atoms with Crippen LogP contribution < -0.4 is 21.3 Å². The second-order valence-corrected chi connectivity index (χ2v) is 6.56. The fourth-order valence-electron chi connectivity index (χ4n) is 3.04. The number of hydrogen-bond acceptors (Lipinski definition) is 4. The number of carbonyl (C=O) groups excluding carboxylic acids is 1. The lowest BCUT2D eigenvalue weighted by atomic mass is 10.0. The SMILES string of the molecule is COc1ccc(NC(=O)C(C(C)C)n2c(=O)[nH]c3ccccc3c2=O)cc1. The van der Waals surface area contributed by atoms with Gasteiger partial charge in [-0.3, -0.25) is 9.59 Å². The molecule has 0 saturated carbocycles. The summed E-state index contributed by atoms with van der Waals surface area (Å²) < 4.78 is 6.09. The van der Waals surface area contributed by atoms with E-state index in [0.717, 1.165) is 4.57 Å². The van der Waals surface area contributed by atoms with Crippen molar-refractivity contribution < 1.29 is 9.53 Å². The van der Waals surface area contributed by atoms with E-state index in [0.29, 0.717) is 22.3 Å². The van der Waals surface area contributed by atoms with Gasteiger partial charge in [-0.2, -0.15) is 0 Å². The molecule has 2 aromatic carbocycles. The third-order valence-electron chi connectivity index (χ3n) is 4.37. The molecule has 0 aliphatic rings. The Morgan fingerprint density at radius 2 is 1.74 bits per heavy atom. The van der Waals surface area contributed by atoms with Gasteiger partial charge in [0.25, 0.3) is 5.56 Å². The summed E-state index contributed by atoms with van der Waals surface area (Å²) in [5.41, 5.74) is -0.0984. The van der Waals surface area contributed by atoms with Gasteiger partial charge in [0.2, 0.25) is 5.91 Å². The molecule has 7 nitrogen and oxygen atoms in total. The van der Waals surface area contributed by atoms with E-state index in [1.165, 1.54) is 0 Å². The minimum atomic E-state index is -0.951. The van der Waals surface area contributed by atoms with Crippen molar-refractivity contribution in [2.75, 3.05) is 12.4 Å². The van der Waals surface area contributed by atoms with E-state index >= 15 is 0 Å². The van der Waals surface area contributed by atoms with Crippen LogP contribution in [0.2, 0.25) is 0 Å². The fraction of sp³-hybridized carbons (Fsp3) is 0.250. The van der Waals surface area contributed by atoms with Crippen LogP contribution >= 0.6 is 0 Å². The molecule has 2 N–H and O–H groups in total. The molecule has 140 valence electrons. The number of nitrogens with zero attached hydrogens (tertiary/aromatic N) is 1. The van der Waals surface area contributed by atoms with E-state index in [-0.39, 0.29) is 5.92 Å². The average Bonchev–Trinajstić information content (AvgIpc) is 2.65. The summed E-state index contributed by atoms with van der Waals surface area (Å²) in [4.78, 5) is 41.0. The third-order valence-corrected chi connectivity index (χ3v) is 4.37. The molecule has 1 atom stereocenters. The van der Waals surface area contributed by atoms with Crippen molar-refractivity contribution in [2.45, 2.75) is 19.9 Å². The number of carbonyl (C=O) groups is 1. The van der Waals surface area contributed by atoms with Gasteiger partial charge in [-0.15, -0.1) is 0 Å². The van der Waals surface area contributed by atoms with Gasteiger partial charge < -0.3 is 15.0 Å². The number of hydrogen-bond donors (Lipinski definition) is 2. The van der Waals surface area contributed by atoms with Gasteiger partial charge in [-0.25, -0.2) is 9.36 Å². The van der Waals surface area contributed by atoms with Crippen LogP contribution in [0.25, 0.3) is 10.9 Å². The van der Waals surface area contributed by atoms with E-state index in [1.54, 1.807) is 69.5 Å². The predicted octanol–water partition coefficient (Wildman–Crippen LogP) is 2.53. The first-order chi connectivity index (χ1) is 12.9. The molecular weight excluding hydrogens is 346 g/mol.